The quantitative estimate of drug-likeness (QED) is 0.640. The number of aryl methyl sites for hydroxylation is 1. The molecule has 1 saturated heterocycles. The van der Waals surface area contributed by atoms with Gasteiger partial charge in [-0.05, 0) is 38.0 Å². The van der Waals surface area contributed by atoms with Gasteiger partial charge in [0.2, 0.25) is 0 Å². The average molecular weight is 396 g/mol. The van der Waals surface area contributed by atoms with Crippen molar-refractivity contribution in [2.24, 2.45) is 0 Å². The van der Waals surface area contributed by atoms with E-state index in [9.17, 15) is 9.59 Å². The third-order valence-corrected chi connectivity index (χ3v) is 5.00. The van der Waals surface area contributed by atoms with E-state index in [1.165, 1.54) is 0 Å². The van der Waals surface area contributed by atoms with Crippen LogP contribution in [0.2, 0.25) is 0 Å². The Balaban J connectivity index is 1.39. The Morgan fingerprint density at radius 3 is 2.48 bits per heavy atom. The molecule has 154 valence electrons. The van der Waals surface area contributed by atoms with Gasteiger partial charge in [-0.15, -0.1) is 0 Å². The number of hydrogen-bond donors (Lipinski definition) is 2. The van der Waals surface area contributed by atoms with Crippen LogP contribution in [-0.4, -0.2) is 49.5 Å². The fourth-order valence-corrected chi connectivity index (χ4v) is 3.28. The second-order valence-corrected chi connectivity index (χ2v) is 7.28. The molecule has 0 bridgehead atoms. The largest absolute Gasteiger partial charge is 0.483 e. The summed E-state index contributed by atoms with van der Waals surface area (Å²) in [5.41, 5.74) is 2.79. The van der Waals surface area contributed by atoms with Crippen molar-refractivity contribution < 1.29 is 14.3 Å². The van der Waals surface area contributed by atoms with Gasteiger partial charge in [-0.3, -0.25) is 9.59 Å². The molecule has 2 aromatic carbocycles. The Bertz CT molecular complexity index is 814. The average Bonchev–Trinajstić information content (AvgIpc) is 3.28. The van der Waals surface area contributed by atoms with Crippen molar-refractivity contribution in [3.63, 3.8) is 0 Å². The first-order valence-corrected chi connectivity index (χ1v) is 10.2. The monoisotopic (exact) mass is 395 g/mol. The highest BCUT2D eigenvalue weighted by molar-refractivity contribution is 5.94. The highest BCUT2D eigenvalue weighted by Crippen LogP contribution is 2.18. The first-order valence-electron chi connectivity index (χ1n) is 10.2. The highest BCUT2D eigenvalue weighted by atomic mass is 16.5. The van der Waals surface area contributed by atoms with Crippen molar-refractivity contribution in [3.05, 3.63) is 65.2 Å². The van der Waals surface area contributed by atoms with Gasteiger partial charge in [-0.25, -0.2) is 0 Å². The van der Waals surface area contributed by atoms with Gasteiger partial charge in [0.1, 0.15) is 5.75 Å². The predicted octanol–water partition coefficient (Wildman–Crippen LogP) is 2.52. The molecule has 6 heteroatoms. The molecule has 0 aliphatic carbocycles. The maximum absolute atomic E-state index is 12.2. The van der Waals surface area contributed by atoms with E-state index in [0.29, 0.717) is 25.2 Å². The van der Waals surface area contributed by atoms with Crippen LogP contribution in [0.15, 0.2) is 48.5 Å². The number of carbonyl (C=O) groups excluding carboxylic acids is 2. The number of amides is 2. The number of rotatable bonds is 9. The van der Waals surface area contributed by atoms with Gasteiger partial charge in [0, 0.05) is 43.9 Å². The summed E-state index contributed by atoms with van der Waals surface area (Å²) in [6.45, 7) is 5.51. The van der Waals surface area contributed by atoms with Crippen LogP contribution in [0.4, 0.5) is 0 Å². The van der Waals surface area contributed by atoms with E-state index in [4.69, 9.17) is 4.74 Å². The number of nitrogens with one attached hydrogen (secondary N) is 2. The van der Waals surface area contributed by atoms with Crippen LogP contribution < -0.4 is 15.4 Å². The Labute approximate surface area is 172 Å². The molecule has 29 heavy (non-hydrogen) atoms. The van der Waals surface area contributed by atoms with E-state index in [1.807, 2.05) is 60.4 Å². The first-order chi connectivity index (χ1) is 14.1. The van der Waals surface area contributed by atoms with Crippen LogP contribution in [0.25, 0.3) is 0 Å². The molecule has 1 aliphatic heterocycles. The molecule has 3 rings (SSSR count). The molecular weight excluding hydrogens is 366 g/mol. The summed E-state index contributed by atoms with van der Waals surface area (Å²) in [4.78, 5) is 26.1. The van der Waals surface area contributed by atoms with Crippen molar-refractivity contribution in [2.75, 3.05) is 32.8 Å². The van der Waals surface area contributed by atoms with E-state index in [1.54, 1.807) is 0 Å². The summed E-state index contributed by atoms with van der Waals surface area (Å²) >= 11 is 0. The van der Waals surface area contributed by atoms with Crippen molar-refractivity contribution in [1.82, 2.24) is 15.5 Å². The molecule has 6 nitrogen and oxygen atoms in total. The lowest BCUT2D eigenvalue weighted by Crippen LogP contribution is -2.32. The zero-order valence-electron chi connectivity index (χ0n) is 16.9. The van der Waals surface area contributed by atoms with Crippen molar-refractivity contribution in [1.29, 1.82) is 0 Å². The van der Waals surface area contributed by atoms with Gasteiger partial charge in [0.05, 0.1) is 0 Å². The number of benzene rings is 2. The maximum atomic E-state index is 12.2. The summed E-state index contributed by atoms with van der Waals surface area (Å²) in [6, 6.07) is 15.2. The molecule has 0 saturated carbocycles. The number of para-hydroxylation sites is 1. The summed E-state index contributed by atoms with van der Waals surface area (Å²) in [7, 11) is 0. The summed E-state index contributed by atoms with van der Waals surface area (Å²) < 4.78 is 5.77. The Morgan fingerprint density at radius 2 is 1.72 bits per heavy atom. The predicted molar refractivity (Wildman–Crippen MR) is 113 cm³/mol. The van der Waals surface area contributed by atoms with E-state index in [2.05, 4.69) is 10.6 Å². The fourth-order valence-electron chi connectivity index (χ4n) is 3.28. The van der Waals surface area contributed by atoms with Crippen LogP contribution in [0.5, 0.6) is 5.75 Å². The van der Waals surface area contributed by atoms with Gasteiger partial charge in [-0.2, -0.15) is 0 Å². The SMILES string of the molecule is Cc1ccc(C(=O)NCCNCc2ccccc2OCC(=O)N2CCCC2)cc1. The molecule has 2 amide bonds. The summed E-state index contributed by atoms with van der Waals surface area (Å²) in [5.74, 6) is 0.691. The second-order valence-electron chi connectivity index (χ2n) is 7.28. The van der Waals surface area contributed by atoms with E-state index >= 15 is 0 Å². The molecule has 0 unspecified atom stereocenters. The maximum Gasteiger partial charge on any atom is 0.260 e. The topological polar surface area (TPSA) is 70.7 Å². The molecule has 1 heterocycles. The lowest BCUT2D eigenvalue weighted by molar-refractivity contribution is -0.132. The number of hydrogen-bond acceptors (Lipinski definition) is 4. The fraction of sp³-hybridized carbons (Fsp3) is 0.391. The summed E-state index contributed by atoms with van der Waals surface area (Å²) in [5, 5.41) is 6.22. The summed E-state index contributed by atoms with van der Waals surface area (Å²) in [6.07, 6.45) is 2.15. The molecular formula is C23H29N3O3. The lowest BCUT2D eigenvalue weighted by Gasteiger charge is -2.17. The molecule has 1 aliphatic rings. The van der Waals surface area contributed by atoms with E-state index in [0.717, 1.165) is 42.8 Å². The van der Waals surface area contributed by atoms with Crippen LogP contribution >= 0.6 is 0 Å². The van der Waals surface area contributed by atoms with Crippen molar-refractivity contribution in [3.8, 4) is 5.75 Å². The van der Waals surface area contributed by atoms with Crippen molar-refractivity contribution >= 4 is 11.8 Å². The minimum Gasteiger partial charge on any atom is -0.483 e. The second kappa shape index (κ2) is 10.6. The molecule has 2 N–H and O–H groups in total. The highest BCUT2D eigenvalue weighted by Gasteiger charge is 2.18. The number of ether oxygens (including phenoxy) is 1. The Hall–Kier alpha value is -2.86. The van der Waals surface area contributed by atoms with Gasteiger partial charge < -0.3 is 20.3 Å². The van der Waals surface area contributed by atoms with Crippen LogP contribution in [0.3, 0.4) is 0 Å². The van der Waals surface area contributed by atoms with Crippen LogP contribution in [0.1, 0.15) is 34.3 Å². The van der Waals surface area contributed by atoms with Gasteiger partial charge >= 0.3 is 0 Å². The van der Waals surface area contributed by atoms with Crippen molar-refractivity contribution in [2.45, 2.75) is 26.3 Å². The number of carbonyl (C=O) groups is 2. The molecule has 0 radical (unpaired) electrons. The normalized spacial score (nSPS) is 13.3. The molecule has 0 spiro atoms. The van der Waals surface area contributed by atoms with E-state index < -0.39 is 0 Å². The van der Waals surface area contributed by atoms with Gasteiger partial charge in [-0.1, -0.05) is 35.9 Å². The molecule has 2 aromatic rings. The number of nitrogens with zero attached hydrogens (tertiary/aromatic N) is 1. The third-order valence-electron chi connectivity index (χ3n) is 5.00. The Kier molecular flexibility index (Phi) is 7.64. The Morgan fingerprint density at radius 1 is 1.00 bits per heavy atom. The van der Waals surface area contributed by atoms with E-state index in [-0.39, 0.29) is 18.4 Å². The zero-order chi connectivity index (χ0) is 20.5. The smallest absolute Gasteiger partial charge is 0.260 e. The minimum absolute atomic E-state index is 0.0454. The number of likely N-dealkylation sites (tertiary alicyclic amines) is 1. The first kappa shape index (κ1) is 20.9. The van der Waals surface area contributed by atoms with Crippen LogP contribution in [0, 0.1) is 6.92 Å². The molecule has 1 fully saturated rings. The third kappa shape index (κ3) is 6.32. The molecule has 0 atom stereocenters. The van der Waals surface area contributed by atoms with Crippen LogP contribution in [-0.2, 0) is 11.3 Å². The van der Waals surface area contributed by atoms with Gasteiger partial charge in [0.15, 0.2) is 6.61 Å². The molecule has 0 aromatic heterocycles. The minimum atomic E-state index is -0.0732. The zero-order valence-corrected chi connectivity index (χ0v) is 16.9. The lowest BCUT2D eigenvalue weighted by atomic mass is 10.1. The standard InChI is InChI=1S/C23H29N3O3/c1-18-8-10-19(11-9-18)23(28)25-13-12-24-16-20-6-2-3-7-21(20)29-17-22(27)26-14-4-5-15-26/h2-3,6-11,24H,4-5,12-17H2,1H3,(H,25,28). The van der Waals surface area contributed by atoms with Gasteiger partial charge in [0.25, 0.3) is 11.8 Å².